The molecule has 0 aliphatic heterocycles. The zero-order valence-corrected chi connectivity index (χ0v) is 9.74. The van der Waals surface area contributed by atoms with Crippen LogP contribution in [0.1, 0.15) is 19.8 Å². The molecule has 0 bridgehead atoms. The lowest BCUT2D eigenvalue weighted by molar-refractivity contribution is -0.882. The fourth-order valence-corrected chi connectivity index (χ4v) is 3.58. The van der Waals surface area contributed by atoms with Gasteiger partial charge < -0.3 is 9.04 Å². The van der Waals surface area contributed by atoms with Crippen LogP contribution in [0.5, 0.6) is 0 Å². The van der Waals surface area contributed by atoms with Crippen LogP contribution in [-0.2, 0) is 20.0 Å². The molecule has 0 aliphatic carbocycles. The minimum atomic E-state index is -3.08. The molecule has 0 fully saturated rings. The maximum absolute atomic E-state index is 11.3. The second kappa shape index (κ2) is 4.00. The van der Waals surface area contributed by atoms with Crippen molar-refractivity contribution in [2.24, 2.45) is 0 Å². The van der Waals surface area contributed by atoms with E-state index in [-0.39, 0.29) is 5.37 Å². The molecule has 0 radical (unpaired) electrons. The zero-order chi connectivity index (χ0) is 9.99. The average Bonchev–Trinajstić information content (AvgIpc) is 1.77. The standard InChI is InChI=1S/C7H17NO2S2/c1-5-6-7(8(2,3)4)12(9,10)11/h7H,5-6H2,1-4H3/p+1. The summed E-state index contributed by atoms with van der Waals surface area (Å²) in [5.74, 6) is 0. The Balaban J connectivity index is 4.70. The highest BCUT2D eigenvalue weighted by molar-refractivity contribution is 8.29. The summed E-state index contributed by atoms with van der Waals surface area (Å²) in [5.41, 5.74) is 0. The predicted molar refractivity (Wildman–Crippen MR) is 54.9 cm³/mol. The summed E-state index contributed by atoms with van der Waals surface area (Å²) in [7, 11) is 2.59. The first kappa shape index (κ1) is 12.3. The number of hydrogen-bond acceptors (Lipinski definition) is 2. The number of nitrogens with zero attached hydrogens (tertiary/aromatic N) is 1. The predicted octanol–water partition coefficient (Wildman–Crippen LogP) is 1.04. The van der Waals surface area contributed by atoms with Gasteiger partial charge in [0.2, 0.25) is 0 Å². The molecular formula is C7H18NO2S2+. The van der Waals surface area contributed by atoms with Crippen LogP contribution >= 0.6 is 0 Å². The molecule has 0 aromatic rings. The molecule has 0 heterocycles. The average molecular weight is 212 g/mol. The van der Waals surface area contributed by atoms with Crippen LogP contribution in [0.3, 0.4) is 0 Å². The Labute approximate surface area is 79.9 Å². The molecule has 0 saturated heterocycles. The third-order valence-corrected chi connectivity index (χ3v) is 3.97. The van der Waals surface area contributed by atoms with Crippen LogP contribution in [-0.4, -0.2) is 39.8 Å². The molecule has 0 rings (SSSR count). The lowest BCUT2D eigenvalue weighted by atomic mass is 10.3. The van der Waals surface area contributed by atoms with Crippen molar-refractivity contribution in [2.75, 3.05) is 21.1 Å². The monoisotopic (exact) mass is 212 g/mol. The van der Waals surface area contributed by atoms with Gasteiger partial charge in [0.05, 0.1) is 21.1 Å². The van der Waals surface area contributed by atoms with Gasteiger partial charge in [-0.2, -0.15) is 0 Å². The quantitative estimate of drug-likeness (QED) is 0.708. The van der Waals surface area contributed by atoms with Crippen LogP contribution in [0.15, 0.2) is 0 Å². The molecular weight excluding hydrogens is 194 g/mol. The van der Waals surface area contributed by atoms with Crippen LogP contribution in [0, 0.1) is 0 Å². The molecule has 2 unspecified atom stereocenters. The summed E-state index contributed by atoms with van der Waals surface area (Å²) in [6, 6.07) is 0. The van der Waals surface area contributed by atoms with E-state index in [9.17, 15) is 8.76 Å². The minimum absolute atomic E-state index is 0.336. The van der Waals surface area contributed by atoms with Crippen molar-refractivity contribution in [2.45, 2.75) is 25.1 Å². The first-order chi connectivity index (χ1) is 5.19. The molecule has 5 heteroatoms. The molecule has 2 atom stereocenters. The smallest absolute Gasteiger partial charge is 0.196 e. The first-order valence-electron chi connectivity index (χ1n) is 3.97. The van der Waals surface area contributed by atoms with Crippen molar-refractivity contribution >= 4 is 20.0 Å². The van der Waals surface area contributed by atoms with E-state index in [2.05, 4.69) is 11.2 Å². The van der Waals surface area contributed by atoms with Gasteiger partial charge in [0.25, 0.3) is 0 Å². The lowest BCUT2D eigenvalue weighted by Crippen LogP contribution is -2.49. The van der Waals surface area contributed by atoms with Crippen molar-refractivity contribution < 1.29 is 13.2 Å². The highest BCUT2D eigenvalue weighted by atomic mass is 32.8. The molecule has 12 heavy (non-hydrogen) atoms. The van der Waals surface area contributed by atoms with Crippen LogP contribution < -0.4 is 0 Å². The van der Waals surface area contributed by atoms with Crippen molar-refractivity contribution in [3.8, 4) is 0 Å². The molecule has 3 nitrogen and oxygen atoms in total. The van der Waals surface area contributed by atoms with E-state index in [1.54, 1.807) is 0 Å². The van der Waals surface area contributed by atoms with E-state index in [1.165, 1.54) is 0 Å². The minimum Gasteiger partial charge on any atom is -0.316 e. The Morgan fingerprint density at radius 3 is 2.00 bits per heavy atom. The van der Waals surface area contributed by atoms with Crippen LogP contribution in [0.2, 0.25) is 0 Å². The highest BCUT2D eigenvalue weighted by Gasteiger charge is 2.31. The maximum atomic E-state index is 11.3. The normalized spacial score (nSPS) is 20.1. The van der Waals surface area contributed by atoms with Gasteiger partial charge in [-0.05, 0) is 6.42 Å². The van der Waals surface area contributed by atoms with Gasteiger partial charge in [-0.15, -0.1) is 0 Å². The summed E-state index contributed by atoms with van der Waals surface area (Å²) in [6.07, 6.45) is 1.58. The van der Waals surface area contributed by atoms with E-state index in [0.29, 0.717) is 10.9 Å². The van der Waals surface area contributed by atoms with E-state index < -0.39 is 8.77 Å². The van der Waals surface area contributed by atoms with Crippen molar-refractivity contribution in [3.05, 3.63) is 0 Å². The molecule has 0 saturated carbocycles. The Hall–Kier alpha value is 0.290. The third-order valence-electron chi connectivity index (χ3n) is 1.74. The molecule has 0 spiro atoms. The van der Waals surface area contributed by atoms with E-state index in [0.717, 1.165) is 6.42 Å². The summed E-state index contributed by atoms with van der Waals surface area (Å²) in [5, 5.41) is -0.336. The topological polar surface area (TPSA) is 37.3 Å². The van der Waals surface area contributed by atoms with Gasteiger partial charge in [0.1, 0.15) is 0 Å². The van der Waals surface area contributed by atoms with Crippen molar-refractivity contribution in [3.63, 3.8) is 0 Å². The van der Waals surface area contributed by atoms with Gasteiger partial charge in [0, 0.05) is 17.6 Å². The first-order valence-corrected chi connectivity index (χ1v) is 6.47. The molecule has 0 aromatic heterocycles. The number of hydrogen-bond donors (Lipinski definition) is 1. The second-order valence-electron chi connectivity index (χ2n) is 3.87. The Morgan fingerprint density at radius 2 is 1.92 bits per heavy atom. The SMILES string of the molecule is CCCC([N+](C)(C)C)S(=O)(O)=S. The summed E-state index contributed by atoms with van der Waals surface area (Å²) in [4.78, 5) is 0. The van der Waals surface area contributed by atoms with Gasteiger partial charge in [-0.25, -0.2) is 4.21 Å². The summed E-state index contributed by atoms with van der Waals surface area (Å²) in [6.45, 7) is 1.99. The molecule has 0 aromatic carbocycles. The highest BCUT2D eigenvalue weighted by Crippen LogP contribution is 2.15. The van der Waals surface area contributed by atoms with Gasteiger partial charge in [0.15, 0.2) is 14.1 Å². The lowest BCUT2D eigenvalue weighted by Gasteiger charge is -2.32. The summed E-state index contributed by atoms with van der Waals surface area (Å²) >= 11 is 4.59. The molecule has 74 valence electrons. The Bertz CT molecular complexity index is 228. The number of quaternary nitrogens is 1. The van der Waals surface area contributed by atoms with Crippen molar-refractivity contribution in [1.82, 2.24) is 0 Å². The van der Waals surface area contributed by atoms with Crippen LogP contribution in [0.4, 0.5) is 0 Å². The zero-order valence-electron chi connectivity index (χ0n) is 8.11. The maximum Gasteiger partial charge on any atom is 0.196 e. The fraction of sp³-hybridized carbons (Fsp3) is 1.00. The molecule has 0 amide bonds. The van der Waals surface area contributed by atoms with Crippen molar-refractivity contribution in [1.29, 1.82) is 0 Å². The van der Waals surface area contributed by atoms with Gasteiger partial charge in [-0.1, -0.05) is 6.92 Å². The third kappa shape index (κ3) is 3.80. The largest absolute Gasteiger partial charge is 0.316 e. The van der Waals surface area contributed by atoms with Gasteiger partial charge in [-0.3, -0.25) is 0 Å². The van der Waals surface area contributed by atoms with Gasteiger partial charge >= 0.3 is 0 Å². The van der Waals surface area contributed by atoms with Crippen LogP contribution in [0.25, 0.3) is 0 Å². The Kier molecular flexibility index (Phi) is 4.10. The van der Waals surface area contributed by atoms with E-state index in [1.807, 2.05) is 28.1 Å². The molecule has 1 N–H and O–H groups in total. The fourth-order valence-electron chi connectivity index (χ4n) is 1.18. The number of rotatable bonds is 4. The second-order valence-corrected chi connectivity index (χ2v) is 6.88. The molecule has 0 aliphatic rings. The Morgan fingerprint density at radius 1 is 1.50 bits per heavy atom. The van der Waals surface area contributed by atoms with E-state index >= 15 is 0 Å². The van der Waals surface area contributed by atoms with E-state index in [4.69, 9.17) is 0 Å². The summed E-state index contributed by atoms with van der Waals surface area (Å²) < 4.78 is 21.0.